The van der Waals surface area contributed by atoms with Crippen molar-refractivity contribution in [3.63, 3.8) is 0 Å². The summed E-state index contributed by atoms with van der Waals surface area (Å²) >= 11 is 0. The van der Waals surface area contributed by atoms with Gasteiger partial charge in [-0.25, -0.2) is 0 Å². The Balaban J connectivity index is 0.00000288. The number of carbonyl (C=O) groups excluding carboxylic acids is 1. The van der Waals surface area contributed by atoms with E-state index in [9.17, 15) is 4.79 Å². The van der Waals surface area contributed by atoms with Crippen molar-refractivity contribution in [2.24, 2.45) is 5.92 Å². The first kappa shape index (κ1) is 21.0. The minimum atomic E-state index is -0.429. The molecule has 2 rings (SSSR count). The van der Waals surface area contributed by atoms with Crippen LogP contribution in [0, 0.1) is 5.92 Å². The molecule has 24 heavy (non-hydrogen) atoms. The van der Waals surface area contributed by atoms with Crippen molar-refractivity contribution in [3.05, 3.63) is 35.9 Å². The van der Waals surface area contributed by atoms with E-state index in [0.29, 0.717) is 24.6 Å². The molecule has 4 heteroatoms. The predicted molar refractivity (Wildman–Crippen MR) is 102 cm³/mol. The van der Waals surface area contributed by atoms with Crippen molar-refractivity contribution >= 4 is 18.4 Å². The van der Waals surface area contributed by atoms with Gasteiger partial charge < -0.3 is 4.74 Å². The number of carbonyl (C=O) groups is 1. The van der Waals surface area contributed by atoms with Crippen molar-refractivity contribution in [1.29, 1.82) is 0 Å². The van der Waals surface area contributed by atoms with Crippen molar-refractivity contribution in [2.75, 3.05) is 13.2 Å². The lowest BCUT2D eigenvalue weighted by Gasteiger charge is -2.46. The van der Waals surface area contributed by atoms with Crippen molar-refractivity contribution in [3.8, 4) is 0 Å². The molecule has 0 aromatic heterocycles. The summed E-state index contributed by atoms with van der Waals surface area (Å²) in [5.41, 5.74) is 0.676. The molecule has 0 unspecified atom stereocenters. The second-order valence-corrected chi connectivity index (χ2v) is 7.34. The molecule has 0 spiro atoms. The Hall–Kier alpha value is -1.06. The van der Waals surface area contributed by atoms with Gasteiger partial charge in [-0.05, 0) is 52.0 Å². The molecular formula is C20H32ClNO2. The molecule has 1 aliphatic carbocycles. The van der Waals surface area contributed by atoms with Crippen LogP contribution < -0.4 is 0 Å². The highest BCUT2D eigenvalue weighted by atomic mass is 35.5. The van der Waals surface area contributed by atoms with E-state index in [1.807, 2.05) is 18.2 Å². The van der Waals surface area contributed by atoms with E-state index in [0.717, 1.165) is 24.9 Å². The molecule has 0 saturated heterocycles. The van der Waals surface area contributed by atoms with Crippen LogP contribution >= 0.6 is 12.4 Å². The Morgan fingerprint density at radius 1 is 1.21 bits per heavy atom. The summed E-state index contributed by atoms with van der Waals surface area (Å²) in [7, 11) is 0. The average molecular weight is 354 g/mol. The number of nitrogens with zero attached hydrogens (tertiary/aromatic N) is 1. The number of benzene rings is 1. The van der Waals surface area contributed by atoms with Gasteiger partial charge in [0.1, 0.15) is 6.61 Å². The summed E-state index contributed by atoms with van der Waals surface area (Å²) in [6.07, 6.45) is 1.99. The van der Waals surface area contributed by atoms with Gasteiger partial charge in [0.05, 0.1) is 5.41 Å². The fourth-order valence-corrected chi connectivity index (χ4v) is 3.79. The van der Waals surface area contributed by atoms with E-state index in [4.69, 9.17) is 4.74 Å². The quantitative estimate of drug-likeness (QED) is 0.679. The maximum Gasteiger partial charge on any atom is 0.316 e. The summed E-state index contributed by atoms with van der Waals surface area (Å²) in [5.74, 6) is 0.304. The lowest BCUT2D eigenvalue weighted by Crippen LogP contribution is -2.51. The molecule has 2 atom stereocenters. The van der Waals surface area contributed by atoms with Gasteiger partial charge in [0.2, 0.25) is 0 Å². The normalized spacial score (nSPS) is 23.1. The van der Waals surface area contributed by atoms with E-state index >= 15 is 0 Å². The summed E-state index contributed by atoms with van der Waals surface area (Å²) in [5, 5.41) is 0. The lowest BCUT2D eigenvalue weighted by molar-refractivity contribution is -0.158. The monoisotopic (exact) mass is 353 g/mol. The van der Waals surface area contributed by atoms with E-state index in [-0.39, 0.29) is 18.4 Å². The molecular weight excluding hydrogens is 322 g/mol. The van der Waals surface area contributed by atoms with Gasteiger partial charge in [-0.2, -0.15) is 0 Å². The lowest BCUT2D eigenvalue weighted by atomic mass is 9.57. The average Bonchev–Trinajstić information content (AvgIpc) is 2.50. The van der Waals surface area contributed by atoms with Gasteiger partial charge in [0.15, 0.2) is 0 Å². The smallest absolute Gasteiger partial charge is 0.316 e. The largest absolute Gasteiger partial charge is 0.464 e. The van der Waals surface area contributed by atoms with E-state index in [1.54, 1.807) is 0 Å². The number of rotatable bonds is 7. The molecule has 3 nitrogen and oxygen atoms in total. The maximum absolute atomic E-state index is 12.8. The summed E-state index contributed by atoms with van der Waals surface area (Å²) in [6.45, 7) is 12.1. The molecule has 0 radical (unpaired) electrons. The SMILES string of the molecule is CC(C)N(CCOC(=O)[C@]1(c2ccccc2)CC[C@H]1C)C(C)C.Cl. The minimum Gasteiger partial charge on any atom is -0.464 e. The Bertz CT molecular complexity index is 510. The summed E-state index contributed by atoms with van der Waals surface area (Å²) in [6, 6.07) is 11.0. The third-order valence-electron chi connectivity index (χ3n) is 5.38. The minimum absolute atomic E-state index is 0. The Morgan fingerprint density at radius 2 is 1.79 bits per heavy atom. The number of hydrogen-bond acceptors (Lipinski definition) is 3. The first-order valence-corrected chi connectivity index (χ1v) is 8.88. The molecule has 1 aromatic rings. The number of esters is 1. The zero-order valence-electron chi connectivity index (χ0n) is 15.6. The van der Waals surface area contributed by atoms with Gasteiger partial charge in [-0.3, -0.25) is 9.69 Å². The third-order valence-corrected chi connectivity index (χ3v) is 5.38. The highest BCUT2D eigenvalue weighted by molar-refractivity contribution is 5.85. The zero-order chi connectivity index (χ0) is 17.0. The summed E-state index contributed by atoms with van der Waals surface area (Å²) in [4.78, 5) is 15.2. The van der Waals surface area contributed by atoms with E-state index in [2.05, 4.69) is 51.7 Å². The molecule has 0 bridgehead atoms. The third kappa shape index (κ3) is 4.12. The molecule has 1 saturated carbocycles. The number of ether oxygens (including phenoxy) is 1. The van der Waals surface area contributed by atoms with Crippen LogP contribution in [0.1, 0.15) is 53.0 Å². The Kier molecular flexibility index (Phi) is 7.75. The molecule has 1 aliphatic rings. The van der Waals surface area contributed by atoms with Crippen LogP contribution in [0.4, 0.5) is 0 Å². The van der Waals surface area contributed by atoms with Crippen molar-refractivity contribution < 1.29 is 9.53 Å². The van der Waals surface area contributed by atoms with Crippen LogP contribution in [0.2, 0.25) is 0 Å². The van der Waals surface area contributed by atoms with Crippen LogP contribution in [0.25, 0.3) is 0 Å². The molecule has 0 aliphatic heterocycles. The van der Waals surface area contributed by atoms with Crippen LogP contribution in [0.3, 0.4) is 0 Å². The molecule has 0 N–H and O–H groups in total. The van der Waals surface area contributed by atoms with Gasteiger partial charge in [-0.1, -0.05) is 37.3 Å². The van der Waals surface area contributed by atoms with Gasteiger partial charge in [0, 0.05) is 18.6 Å². The predicted octanol–water partition coefficient (Wildman–Crippen LogP) is 4.44. The van der Waals surface area contributed by atoms with Gasteiger partial charge >= 0.3 is 5.97 Å². The first-order valence-electron chi connectivity index (χ1n) is 8.88. The van der Waals surface area contributed by atoms with E-state index < -0.39 is 5.41 Å². The fourth-order valence-electron chi connectivity index (χ4n) is 3.79. The highest BCUT2D eigenvalue weighted by Gasteiger charge is 2.52. The Labute approximate surface area is 153 Å². The molecule has 136 valence electrons. The second kappa shape index (κ2) is 8.87. The molecule has 0 heterocycles. The summed E-state index contributed by atoms with van der Waals surface area (Å²) < 4.78 is 5.72. The second-order valence-electron chi connectivity index (χ2n) is 7.34. The van der Waals surface area contributed by atoms with E-state index in [1.165, 1.54) is 0 Å². The van der Waals surface area contributed by atoms with Crippen molar-refractivity contribution in [2.45, 2.75) is 65.0 Å². The van der Waals surface area contributed by atoms with Crippen LogP contribution in [0.15, 0.2) is 30.3 Å². The number of halogens is 1. The first-order chi connectivity index (χ1) is 10.9. The van der Waals surface area contributed by atoms with Crippen LogP contribution in [-0.2, 0) is 14.9 Å². The van der Waals surface area contributed by atoms with Crippen LogP contribution in [0.5, 0.6) is 0 Å². The molecule has 1 fully saturated rings. The highest BCUT2D eigenvalue weighted by Crippen LogP contribution is 2.49. The zero-order valence-corrected chi connectivity index (χ0v) is 16.4. The number of hydrogen-bond donors (Lipinski definition) is 0. The fraction of sp³-hybridized carbons (Fsp3) is 0.650. The molecule has 1 aromatic carbocycles. The maximum atomic E-state index is 12.8. The van der Waals surface area contributed by atoms with Crippen LogP contribution in [-0.4, -0.2) is 36.1 Å². The Morgan fingerprint density at radius 3 is 2.21 bits per heavy atom. The van der Waals surface area contributed by atoms with Crippen molar-refractivity contribution in [1.82, 2.24) is 4.90 Å². The van der Waals surface area contributed by atoms with Gasteiger partial charge in [0.25, 0.3) is 0 Å². The van der Waals surface area contributed by atoms with Gasteiger partial charge in [-0.15, -0.1) is 12.4 Å². The molecule has 0 amide bonds. The standard InChI is InChI=1S/C20H31NO2.ClH/c1-15(2)21(16(3)4)13-14-23-19(22)20(12-11-17(20)5)18-9-7-6-8-10-18;/h6-10,15-17H,11-14H2,1-5H3;1H/t17-,20-;/m1./s1. The topological polar surface area (TPSA) is 29.5 Å².